The zero-order chi connectivity index (χ0) is 13.0. The third-order valence-electron chi connectivity index (χ3n) is 2.52. The largest absolute Gasteiger partial charge is 0.311 e. The fourth-order valence-electron chi connectivity index (χ4n) is 1.55. The van der Waals surface area contributed by atoms with Gasteiger partial charge < -0.3 is 5.32 Å². The van der Waals surface area contributed by atoms with Gasteiger partial charge in [0.25, 0.3) is 5.91 Å². The third kappa shape index (κ3) is 2.73. The fraction of sp³-hybridized carbons (Fsp3) is 0.154. The van der Waals surface area contributed by atoms with Crippen LogP contribution in [0.4, 0.5) is 5.00 Å². The molecular formula is C13H12N3OS+. The van der Waals surface area contributed by atoms with Crippen molar-refractivity contribution in [2.75, 3.05) is 5.32 Å². The zero-order valence-corrected chi connectivity index (χ0v) is 10.7. The summed E-state index contributed by atoms with van der Waals surface area (Å²) < 4.78 is 1.86. The number of carbonyl (C=O) groups is 1. The van der Waals surface area contributed by atoms with E-state index in [0.29, 0.717) is 10.6 Å². The van der Waals surface area contributed by atoms with Gasteiger partial charge in [0.1, 0.15) is 11.1 Å². The molecule has 0 radical (unpaired) electrons. The van der Waals surface area contributed by atoms with Crippen LogP contribution in [0.25, 0.3) is 0 Å². The Bertz CT molecular complexity index is 607. The van der Waals surface area contributed by atoms with E-state index in [9.17, 15) is 4.79 Å². The number of hydrogen-bond donors (Lipinski definition) is 1. The number of nitriles is 1. The van der Waals surface area contributed by atoms with Crippen LogP contribution < -0.4 is 9.88 Å². The molecule has 0 atom stereocenters. The molecule has 0 aliphatic rings. The van der Waals surface area contributed by atoms with E-state index in [1.807, 2.05) is 42.0 Å². The molecule has 0 bridgehead atoms. The Labute approximate surface area is 109 Å². The number of anilines is 1. The maximum Gasteiger partial charge on any atom is 0.290 e. The minimum atomic E-state index is -0.131. The highest BCUT2D eigenvalue weighted by Crippen LogP contribution is 2.21. The van der Waals surface area contributed by atoms with E-state index >= 15 is 0 Å². The van der Waals surface area contributed by atoms with Crippen molar-refractivity contribution >= 4 is 22.2 Å². The second-order valence-corrected chi connectivity index (χ2v) is 4.71. The normalized spacial score (nSPS) is 9.78. The summed E-state index contributed by atoms with van der Waals surface area (Å²) in [6, 6.07) is 9.49. The van der Waals surface area contributed by atoms with Gasteiger partial charge in [-0.25, -0.2) is 0 Å². The number of nitrogens with zero attached hydrogens (tertiary/aromatic N) is 2. The highest BCUT2D eigenvalue weighted by molar-refractivity contribution is 7.14. The van der Waals surface area contributed by atoms with Gasteiger partial charge in [-0.3, -0.25) is 4.79 Å². The molecule has 2 aromatic rings. The van der Waals surface area contributed by atoms with Crippen LogP contribution >= 0.6 is 11.3 Å². The van der Waals surface area contributed by atoms with Crippen LogP contribution in [0.1, 0.15) is 11.3 Å². The van der Waals surface area contributed by atoms with Crippen LogP contribution in [-0.2, 0) is 11.3 Å². The molecule has 2 aromatic heterocycles. The van der Waals surface area contributed by atoms with Gasteiger partial charge in [-0.05, 0) is 11.4 Å². The number of aryl methyl sites for hydroxylation is 1. The molecule has 0 saturated carbocycles. The minimum absolute atomic E-state index is 0.131. The lowest BCUT2D eigenvalue weighted by molar-refractivity contribution is -0.690. The average molecular weight is 258 g/mol. The number of thiophene rings is 1. The van der Waals surface area contributed by atoms with Gasteiger partial charge in [0, 0.05) is 19.1 Å². The lowest BCUT2D eigenvalue weighted by atomic mass is 10.3. The number of hydrogen-bond acceptors (Lipinski definition) is 3. The summed E-state index contributed by atoms with van der Waals surface area (Å²) in [6.45, 7) is 2.19. The molecule has 0 unspecified atom stereocenters. The molecule has 0 saturated heterocycles. The predicted octanol–water partition coefficient (Wildman–Crippen LogP) is 1.85. The summed E-state index contributed by atoms with van der Waals surface area (Å²) >= 11 is 1.35. The van der Waals surface area contributed by atoms with E-state index in [0.717, 1.165) is 5.69 Å². The smallest absolute Gasteiger partial charge is 0.290 e. The second kappa shape index (κ2) is 5.43. The Kier molecular flexibility index (Phi) is 3.70. The van der Waals surface area contributed by atoms with Crippen LogP contribution in [0.15, 0.2) is 35.8 Å². The van der Waals surface area contributed by atoms with Crippen molar-refractivity contribution in [1.29, 1.82) is 5.26 Å². The lowest BCUT2D eigenvalue weighted by Gasteiger charge is -2.02. The van der Waals surface area contributed by atoms with E-state index in [2.05, 4.69) is 5.32 Å². The lowest BCUT2D eigenvalue weighted by Crippen LogP contribution is -2.42. The summed E-state index contributed by atoms with van der Waals surface area (Å²) in [5.41, 5.74) is 1.52. The Morgan fingerprint density at radius 2 is 2.33 bits per heavy atom. The Hall–Kier alpha value is -2.19. The Balaban J connectivity index is 2.06. The zero-order valence-electron chi connectivity index (χ0n) is 9.88. The number of nitrogens with one attached hydrogen (secondary N) is 1. The summed E-state index contributed by atoms with van der Waals surface area (Å²) in [6.07, 6.45) is 1.86. The molecule has 2 rings (SSSR count). The number of carbonyl (C=O) groups excluding carboxylic acids is 1. The molecule has 90 valence electrons. The summed E-state index contributed by atoms with van der Waals surface area (Å²) in [5.74, 6) is -0.131. The van der Waals surface area contributed by atoms with E-state index in [-0.39, 0.29) is 12.5 Å². The first-order valence-electron chi connectivity index (χ1n) is 5.43. The Morgan fingerprint density at radius 3 is 3.06 bits per heavy atom. The van der Waals surface area contributed by atoms with Crippen LogP contribution in [-0.4, -0.2) is 5.91 Å². The topological polar surface area (TPSA) is 56.8 Å². The highest BCUT2D eigenvalue weighted by atomic mass is 32.1. The maximum atomic E-state index is 11.9. The number of amides is 1. The van der Waals surface area contributed by atoms with Crippen molar-refractivity contribution in [2.45, 2.75) is 13.5 Å². The van der Waals surface area contributed by atoms with Gasteiger partial charge in [0.15, 0.2) is 11.9 Å². The quantitative estimate of drug-likeness (QED) is 0.854. The maximum absolute atomic E-state index is 11.9. The first-order chi connectivity index (χ1) is 8.70. The van der Waals surface area contributed by atoms with Crippen molar-refractivity contribution in [3.63, 3.8) is 0 Å². The average Bonchev–Trinajstić information content (AvgIpc) is 2.79. The van der Waals surface area contributed by atoms with Gasteiger partial charge in [-0.1, -0.05) is 6.07 Å². The molecular weight excluding hydrogens is 246 g/mol. The molecule has 5 heteroatoms. The molecule has 2 heterocycles. The Morgan fingerprint density at radius 1 is 1.50 bits per heavy atom. The van der Waals surface area contributed by atoms with Crippen molar-refractivity contribution in [3.05, 3.63) is 47.1 Å². The molecule has 1 N–H and O–H groups in total. The molecule has 0 spiro atoms. The van der Waals surface area contributed by atoms with E-state index in [1.165, 1.54) is 11.3 Å². The van der Waals surface area contributed by atoms with Crippen molar-refractivity contribution < 1.29 is 9.36 Å². The number of pyridine rings is 1. The number of rotatable bonds is 3. The van der Waals surface area contributed by atoms with Crippen molar-refractivity contribution in [2.24, 2.45) is 0 Å². The van der Waals surface area contributed by atoms with Crippen LogP contribution in [0.2, 0.25) is 0 Å². The second-order valence-electron chi connectivity index (χ2n) is 3.79. The van der Waals surface area contributed by atoms with Crippen molar-refractivity contribution in [1.82, 2.24) is 0 Å². The molecule has 0 fully saturated rings. The van der Waals surface area contributed by atoms with Crippen LogP contribution in [0.5, 0.6) is 0 Å². The van der Waals surface area contributed by atoms with Gasteiger partial charge >= 0.3 is 0 Å². The number of aromatic nitrogens is 1. The monoisotopic (exact) mass is 258 g/mol. The van der Waals surface area contributed by atoms with Gasteiger partial charge in [-0.15, -0.1) is 11.3 Å². The van der Waals surface area contributed by atoms with E-state index in [4.69, 9.17) is 5.26 Å². The summed E-state index contributed by atoms with van der Waals surface area (Å²) in [7, 11) is 0. The summed E-state index contributed by atoms with van der Waals surface area (Å²) in [4.78, 5) is 11.9. The van der Waals surface area contributed by atoms with Crippen LogP contribution in [0, 0.1) is 18.3 Å². The summed E-state index contributed by atoms with van der Waals surface area (Å²) in [5, 5.41) is 14.0. The predicted molar refractivity (Wildman–Crippen MR) is 69.0 cm³/mol. The molecule has 0 aliphatic heterocycles. The first kappa shape index (κ1) is 12.3. The molecule has 4 nitrogen and oxygen atoms in total. The standard InChI is InChI=1S/C13H11N3OS/c1-10-4-2-3-6-16(10)9-12(17)15-13-11(8-14)5-7-18-13/h2-7H,9H2,1H3/p+1. The molecule has 1 amide bonds. The van der Waals surface area contributed by atoms with E-state index in [1.54, 1.807) is 11.4 Å². The SMILES string of the molecule is Cc1cccc[n+]1CC(=O)Nc1sccc1C#N. The third-order valence-corrected chi connectivity index (χ3v) is 3.35. The van der Waals surface area contributed by atoms with Crippen molar-refractivity contribution in [3.8, 4) is 6.07 Å². The minimum Gasteiger partial charge on any atom is -0.311 e. The molecule has 0 aromatic carbocycles. The van der Waals surface area contributed by atoms with Crippen LogP contribution in [0.3, 0.4) is 0 Å². The van der Waals surface area contributed by atoms with Gasteiger partial charge in [0.2, 0.25) is 6.54 Å². The first-order valence-corrected chi connectivity index (χ1v) is 6.31. The van der Waals surface area contributed by atoms with E-state index < -0.39 is 0 Å². The van der Waals surface area contributed by atoms with Gasteiger partial charge in [0.05, 0.1) is 5.56 Å². The van der Waals surface area contributed by atoms with Gasteiger partial charge in [-0.2, -0.15) is 9.83 Å². The molecule has 18 heavy (non-hydrogen) atoms. The fourth-order valence-corrected chi connectivity index (χ4v) is 2.31. The highest BCUT2D eigenvalue weighted by Gasteiger charge is 2.14. The molecule has 0 aliphatic carbocycles.